The van der Waals surface area contributed by atoms with Crippen molar-refractivity contribution in [2.45, 2.75) is 0 Å². The first-order chi connectivity index (χ1) is 5.08. The molecular formula is C6H8O4Ti. The molecule has 5 heteroatoms. The van der Waals surface area contributed by atoms with Crippen molar-refractivity contribution >= 4 is 0 Å². The van der Waals surface area contributed by atoms with E-state index < -0.39 is 18.1 Å². The second kappa shape index (κ2) is 3.34. The summed E-state index contributed by atoms with van der Waals surface area (Å²) in [6, 6.07) is 8.16. The van der Waals surface area contributed by atoms with Crippen LogP contribution >= 0.6 is 0 Å². The van der Waals surface area contributed by atoms with E-state index in [9.17, 15) is 0 Å². The van der Waals surface area contributed by atoms with Crippen LogP contribution in [0.1, 0.15) is 0 Å². The molecule has 11 heavy (non-hydrogen) atoms. The molecule has 60 valence electrons. The van der Waals surface area contributed by atoms with Gasteiger partial charge in [-0.1, -0.05) is 0 Å². The third-order valence-electron chi connectivity index (χ3n) is 0.998. The molecule has 4 nitrogen and oxygen atoms in total. The molecular weight excluding hydrogens is 184 g/mol. The molecule has 3 N–H and O–H groups in total. The molecule has 1 aromatic carbocycles. The van der Waals surface area contributed by atoms with Gasteiger partial charge in [-0.2, -0.15) is 0 Å². The zero-order valence-electron chi connectivity index (χ0n) is 5.64. The van der Waals surface area contributed by atoms with E-state index in [0.717, 1.165) is 0 Å². The monoisotopic (exact) mass is 192 g/mol. The summed E-state index contributed by atoms with van der Waals surface area (Å²) >= 11 is -4.85. The molecule has 0 aliphatic heterocycles. The van der Waals surface area contributed by atoms with Crippen LogP contribution in [0.5, 0.6) is 5.75 Å². The molecule has 1 rings (SSSR count). The Balaban J connectivity index is 2.66. The Morgan fingerprint density at radius 2 is 1.55 bits per heavy atom. The van der Waals surface area contributed by atoms with E-state index in [2.05, 4.69) is 3.32 Å². The van der Waals surface area contributed by atoms with Crippen molar-refractivity contribution in [3.63, 3.8) is 0 Å². The third kappa shape index (κ3) is 3.50. The SMILES string of the molecule is [OH][Ti]([OH])([OH])[O]c1ccccc1. The topological polar surface area (TPSA) is 69.9 Å². The van der Waals surface area contributed by atoms with Gasteiger partial charge in [0.2, 0.25) is 0 Å². The fraction of sp³-hybridized carbons (Fsp3) is 0. The average Bonchev–Trinajstić information content (AvgIpc) is 1.85. The Morgan fingerprint density at radius 1 is 1.00 bits per heavy atom. The van der Waals surface area contributed by atoms with E-state index >= 15 is 0 Å². The summed E-state index contributed by atoms with van der Waals surface area (Å²) in [6.07, 6.45) is 0. The molecule has 1 aromatic rings. The van der Waals surface area contributed by atoms with E-state index in [1.807, 2.05) is 0 Å². The Bertz CT molecular complexity index is 218. The first kappa shape index (κ1) is 8.71. The zero-order chi connectivity index (χ0) is 8.32. The standard InChI is InChI=1S/C6H6O.3H2O.Ti/c7-6-4-2-1-3-5-6;;;;/h1-5,7H;3*1H2;/q;;;;+4/p-4. The van der Waals surface area contributed by atoms with Crippen LogP contribution in [-0.2, 0) is 18.1 Å². The second-order valence-corrected chi connectivity index (χ2v) is 4.10. The van der Waals surface area contributed by atoms with Crippen molar-refractivity contribution in [1.82, 2.24) is 0 Å². The molecule has 0 aliphatic carbocycles. The predicted octanol–water partition coefficient (Wildman–Crippen LogP) is -0.144. The van der Waals surface area contributed by atoms with E-state index in [0.29, 0.717) is 0 Å². The molecule has 0 spiro atoms. The summed E-state index contributed by atoms with van der Waals surface area (Å²) in [4.78, 5) is 0. The number of hydrogen-bond donors (Lipinski definition) is 3. The van der Waals surface area contributed by atoms with E-state index in [4.69, 9.17) is 11.1 Å². The van der Waals surface area contributed by atoms with Gasteiger partial charge in [-0.15, -0.1) is 0 Å². The van der Waals surface area contributed by atoms with Gasteiger partial charge in [-0.3, -0.25) is 0 Å². The van der Waals surface area contributed by atoms with Crippen LogP contribution in [0.25, 0.3) is 0 Å². The van der Waals surface area contributed by atoms with Crippen LogP contribution in [0.2, 0.25) is 0 Å². The number of hydrogen-bond acceptors (Lipinski definition) is 4. The van der Waals surface area contributed by atoms with Crippen LogP contribution < -0.4 is 3.32 Å². The van der Waals surface area contributed by atoms with Gasteiger partial charge in [0.25, 0.3) is 0 Å². The van der Waals surface area contributed by atoms with E-state index in [1.54, 1.807) is 18.2 Å². The summed E-state index contributed by atoms with van der Waals surface area (Å²) in [6.45, 7) is 0. The van der Waals surface area contributed by atoms with Gasteiger partial charge >= 0.3 is 68.6 Å². The molecule has 0 unspecified atom stereocenters. The van der Waals surface area contributed by atoms with Crippen LogP contribution in [0, 0.1) is 0 Å². The zero-order valence-corrected chi connectivity index (χ0v) is 7.20. The van der Waals surface area contributed by atoms with Crippen molar-refractivity contribution in [3.8, 4) is 5.75 Å². The normalized spacial score (nSPS) is 11.2. The van der Waals surface area contributed by atoms with Crippen molar-refractivity contribution in [1.29, 1.82) is 0 Å². The van der Waals surface area contributed by atoms with Gasteiger partial charge in [-0.05, 0) is 0 Å². The Kier molecular flexibility index (Phi) is 2.64. The molecule has 0 fully saturated rings. The van der Waals surface area contributed by atoms with E-state index in [1.165, 1.54) is 12.1 Å². The molecule has 0 heterocycles. The minimum absolute atomic E-state index is 0.264. The second-order valence-electron chi connectivity index (χ2n) is 1.99. The van der Waals surface area contributed by atoms with Crippen LogP contribution in [-0.4, -0.2) is 11.1 Å². The molecule has 0 atom stereocenters. The van der Waals surface area contributed by atoms with Crippen molar-refractivity contribution in [2.75, 3.05) is 0 Å². The van der Waals surface area contributed by atoms with Gasteiger partial charge in [0.05, 0.1) is 0 Å². The van der Waals surface area contributed by atoms with Gasteiger partial charge in [0, 0.05) is 0 Å². The fourth-order valence-corrected chi connectivity index (χ4v) is 1.35. The van der Waals surface area contributed by atoms with Crippen molar-refractivity contribution in [2.24, 2.45) is 0 Å². The number of rotatable bonds is 2. The van der Waals surface area contributed by atoms with Crippen molar-refractivity contribution < 1.29 is 32.5 Å². The average molecular weight is 192 g/mol. The maximum absolute atomic E-state index is 8.55. The van der Waals surface area contributed by atoms with Gasteiger partial charge in [-0.25, -0.2) is 0 Å². The molecule has 0 aromatic heterocycles. The van der Waals surface area contributed by atoms with E-state index in [-0.39, 0.29) is 5.75 Å². The van der Waals surface area contributed by atoms with Gasteiger partial charge in [0.15, 0.2) is 0 Å². The summed E-state index contributed by atoms with van der Waals surface area (Å²) in [5.41, 5.74) is 0. The molecule has 0 saturated carbocycles. The number of benzene rings is 1. The summed E-state index contributed by atoms with van der Waals surface area (Å²) in [5, 5.41) is 0. The van der Waals surface area contributed by atoms with Crippen molar-refractivity contribution in [3.05, 3.63) is 30.3 Å². The molecule has 0 bridgehead atoms. The molecule has 0 aliphatic rings. The van der Waals surface area contributed by atoms with Gasteiger partial charge in [0.1, 0.15) is 0 Å². The Hall–Kier alpha value is -0.386. The quantitative estimate of drug-likeness (QED) is 0.570. The van der Waals surface area contributed by atoms with Crippen LogP contribution in [0.3, 0.4) is 0 Å². The van der Waals surface area contributed by atoms with Crippen LogP contribution in [0.15, 0.2) is 30.3 Å². The molecule has 0 saturated heterocycles. The van der Waals surface area contributed by atoms with Gasteiger partial charge < -0.3 is 0 Å². The first-order valence-corrected chi connectivity index (χ1v) is 5.72. The third-order valence-corrected chi connectivity index (χ3v) is 1.79. The predicted molar refractivity (Wildman–Crippen MR) is 33.7 cm³/mol. The summed E-state index contributed by atoms with van der Waals surface area (Å²) < 4.78 is 30.1. The first-order valence-electron chi connectivity index (χ1n) is 2.99. The maximum atomic E-state index is 8.55. The fourth-order valence-electron chi connectivity index (χ4n) is 0.647. The summed E-state index contributed by atoms with van der Waals surface area (Å²) in [5.74, 6) is 0.264. The number of para-hydroxylation sites is 1. The Labute approximate surface area is 68.9 Å². The molecule has 0 radical (unpaired) electrons. The van der Waals surface area contributed by atoms with Crippen LogP contribution in [0.4, 0.5) is 0 Å². The molecule has 0 amide bonds. The summed E-state index contributed by atoms with van der Waals surface area (Å²) in [7, 11) is 0. The minimum atomic E-state index is -4.85. The Morgan fingerprint density at radius 3 is 2.00 bits per heavy atom.